The number of carboxylic acid groups (broad SMARTS) is 1. The smallest absolute Gasteiger partial charge is 0.303 e. The molecule has 1 N–H and O–H groups in total. The Hall–Kier alpha value is -2.16. The highest BCUT2D eigenvalue weighted by atomic mass is 16.4. The molecule has 3 amide bonds. The van der Waals surface area contributed by atoms with Gasteiger partial charge in [0, 0.05) is 20.5 Å². The topological polar surface area (TPSA) is 101 Å². The minimum atomic E-state index is -1.03. The van der Waals surface area contributed by atoms with E-state index >= 15 is 0 Å². The summed E-state index contributed by atoms with van der Waals surface area (Å²) in [6.45, 7) is 0.188. The first-order valence-electron chi connectivity index (χ1n) is 6.59. The molecule has 21 heavy (non-hydrogen) atoms. The van der Waals surface area contributed by atoms with Crippen LogP contribution in [0.1, 0.15) is 12.8 Å². The van der Waals surface area contributed by atoms with E-state index in [-0.39, 0.29) is 37.7 Å². The van der Waals surface area contributed by atoms with Gasteiger partial charge in [0.15, 0.2) is 0 Å². The standard InChI is InChI=1S/C12H18N4O5/c1-13-5-9-15(7-17)14(2)6-10(18)16(9)8(12(13)21)3-4-11(19)20/h7-9H,3-6H2,1-2H3,(H,19,20)/t8?,9-/m1/s1. The van der Waals surface area contributed by atoms with E-state index in [0.29, 0.717) is 6.41 Å². The number of rotatable bonds is 4. The number of carboxylic acids is 1. The Balaban J connectivity index is 2.30. The highest BCUT2D eigenvalue weighted by Crippen LogP contribution is 2.25. The van der Waals surface area contributed by atoms with Gasteiger partial charge in [0.05, 0.1) is 13.1 Å². The minimum Gasteiger partial charge on any atom is -0.481 e. The molecule has 0 aliphatic carbocycles. The molecule has 0 saturated carbocycles. The van der Waals surface area contributed by atoms with Gasteiger partial charge in [-0.1, -0.05) is 0 Å². The number of amides is 3. The number of fused-ring (bicyclic) bond motifs is 1. The summed E-state index contributed by atoms with van der Waals surface area (Å²) >= 11 is 0. The Morgan fingerprint density at radius 1 is 1.38 bits per heavy atom. The molecule has 2 fully saturated rings. The van der Waals surface area contributed by atoms with Gasteiger partial charge in [-0.15, -0.1) is 0 Å². The number of aliphatic carboxylic acids is 1. The van der Waals surface area contributed by atoms with E-state index in [0.717, 1.165) is 0 Å². The van der Waals surface area contributed by atoms with Crippen molar-refractivity contribution in [2.24, 2.45) is 0 Å². The lowest BCUT2D eigenvalue weighted by Crippen LogP contribution is -2.73. The van der Waals surface area contributed by atoms with Crippen LogP contribution in [0.2, 0.25) is 0 Å². The molecule has 2 heterocycles. The molecule has 9 nitrogen and oxygen atoms in total. The number of carbonyl (C=O) groups is 4. The second kappa shape index (κ2) is 5.68. The third-order valence-corrected chi connectivity index (χ3v) is 3.85. The highest BCUT2D eigenvalue weighted by Gasteiger charge is 2.47. The van der Waals surface area contributed by atoms with Gasteiger partial charge in [-0.3, -0.25) is 24.2 Å². The van der Waals surface area contributed by atoms with Crippen molar-refractivity contribution in [2.75, 3.05) is 27.2 Å². The van der Waals surface area contributed by atoms with E-state index in [1.54, 1.807) is 14.1 Å². The molecular formula is C12H18N4O5. The van der Waals surface area contributed by atoms with Crippen LogP contribution in [0.4, 0.5) is 0 Å². The third-order valence-electron chi connectivity index (χ3n) is 3.85. The van der Waals surface area contributed by atoms with Crippen molar-refractivity contribution in [3.8, 4) is 0 Å². The molecule has 2 aliphatic rings. The molecule has 2 saturated heterocycles. The Morgan fingerprint density at radius 2 is 2.05 bits per heavy atom. The van der Waals surface area contributed by atoms with Gasteiger partial charge in [-0.2, -0.15) is 0 Å². The van der Waals surface area contributed by atoms with Crippen molar-refractivity contribution < 1.29 is 24.3 Å². The lowest BCUT2D eigenvalue weighted by molar-refractivity contribution is -0.195. The number of hydrogen-bond acceptors (Lipinski definition) is 5. The van der Waals surface area contributed by atoms with Gasteiger partial charge in [-0.05, 0) is 6.42 Å². The van der Waals surface area contributed by atoms with E-state index in [9.17, 15) is 19.2 Å². The van der Waals surface area contributed by atoms with Gasteiger partial charge < -0.3 is 14.9 Å². The zero-order chi connectivity index (χ0) is 15.7. The maximum atomic E-state index is 12.2. The predicted molar refractivity (Wildman–Crippen MR) is 69.5 cm³/mol. The van der Waals surface area contributed by atoms with Gasteiger partial charge in [0.2, 0.25) is 18.2 Å². The molecule has 1 unspecified atom stereocenters. The van der Waals surface area contributed by atoms with Crippen molar-refractivity contribution >= 4 is 24.2 Å². The molecule has 2 rings (SSSR count). The van der Waals surface area contributed by atoms with Gasteiger partial charge >= 0.3 is 5.97 Å². The Labute approximate surface area is 121 Å². The minimum absolute atomic E-state index is 0.0180. The summed E-state index contributed by atoms with van der Waals surface area (Å²) in [7, 11) is 3.20. The summed E-state index contributed by atoms with van der Waals surface area (Å²) in [4.78, 5) is 49.2. The maximum Gasteiger partial charge on any atom is 0.303 e. The van der Waals surface area contributed by atoms with Gasteiger partial charge in [-0.25, -0.2) is 5.01 Å². The Kier molecular flexibility index (Phi) is 4.12. The maximum absolute atomic E-state index is 12.2. The van der Waals surface area contributed by atoms with Crippen molar-refractivity contribution in [3.63, 3.8) is 0 Å². The monoisotopic (exact) mass is 298 g/mol. The number of piperazine rings is 1. The average Bonchev–Trinajstić information content (AvgIpc) is 2.40. The van der Waals surface area contributed by atoms with E-state index in [2.05, 4.69) is 0 Å². The summed E-state index contributed by atoms with van der Waals surface area (Å²) in [5.74, 6) is -1.60. The van der Waals surface area contributed by atoms with Crippen LogP contribution in [0, 0.1) is 0 Å². The number of hydrazine groups is 1. The van der Waals surface area contributed by atoms with Gasteiger partial charge in [0.25, 0.3) is 0 Å². The Bertz CT molecular complexity index is 482. The van der Waals surface area contributed by atoms with E-state index < -0.39 is 18.2 Å². The molecule has 116 valence electrons. The van der Waals surface area contributed by atoms with Crippen molar-refractivity contribution in [3.05, 3.63) is 0 Å². The Morgan fingerprint density at radius 3 is 2.62 bits per heavy atom. The number of likely N-dealkylation sites (N-methyl/N-ethyl adjacent to an activating group) is 2. The summed E-state index contributed by atoms with van der Waals surface area (Å²) in [5, 5.41) is 11.6. The lowest BCUT2D eigenvalue weighted by atomic mass is 10.0. The van der Waals surface area contributed by atoms with Crippen LogP contribution in [0.5, 0.6) is 0 Å². The third kappa shape index (κ3) is 2.68. The summed E-state index contributed by atoms with van der Waals surface area (Å²) < 4.78 is 0. The van der Waals surface area contributed by atoms with Crippen LogP contribution < -0.4 is 0 Å². The zero-order valence-electron chi connectivity index (χ0n) is 11.9. The fourth-order valence-corrected chi connectivity index (χ4v) is 2.82. The fraction of sp³-hybridized carbons (Fsp3) is 0.667. The molecule has 0 aromatic carbocycles. The van der Waals surface area contributed by atoms with Crippen LogP contribution >= 0.6 is 0 Å². The molecule has 0 aromatic rings. The van der Waals surface area contributed by atoms with Crippen molar-refractivity contribution in [2.45, 2.75) is 25.0 Å². The van der Waals surface area contributed by atoms with Crippen LogP contribution in [0.15, 0.2) is 0 Å². The molecule has 2 atom stereocenters. The van der Waals surface area contributed by atoms with Crippen LogP contribution in [0.3, 0.4) is 0 Å². The van der Waals surface area contributed by atoms with Crippen LogP contribution in [0.25, 0.3) is 0 Å². The average molecular weight is 298 g/mol. The molecule has 0 radical (unpaired) electrons. The van der Waals surface area contributed by atoms with E-state index in [1.165, 1.54) is 19.8 Å². The second-order valence-electron chi connectivity index (χ2n) is 5.25. The number of carbonyl (C=O) groups excluding carboxylic acids is 3. The largest absolute Gasteiger partial charge is 0.481 e. The molecular weight excluding hydrogens is 280 g/mol. The zero-order valence-corrected chi connectivity index (χ0v) is 11.9. The molecule has 2 aliphatic heterocycles. The highest BCUT2D eigenvalue weighted by molar-refractivity contribution is 5.90. The summed E-state index contributed by atoms with van der Waals surface area (Å²) in [6, 6.07) is -0.839. The molecule has 0 bridgehead atoms. The molecule has 0 spiro atoms. The SMILES string of the molecule is CN1C[C@H]2N(C(=O)CN(C)N2C=O)C(CCC(=O)O)C1=O. The van der Waals surface area contributed by atoms with Crippen molar-refractivity contribution in [1.82, 2.24) is 19.8 Å². The summed E-state index contributed by atoms with van der Waals surface area (Å²) in [5.41, 5.74) is 0. The van der Waals surface area contributed by atoms with Crippen LogP contribution in [-0.4, -0.2) is 88.5 Å². The van der Waals surface area contributed by atoms with E-state index in [4.69, 9.17) is 5.11 Å². The van der Waals surface area contributed by atoms with Crippen molar-refractivity contribution in [1.29, 1.82) is 0 Å². The number of hydrogen-bond donors (Lipinski definition) is 1. The second-order valence-corrected chi connectivity index (χ2v) is 5.25. The normalized spacial score (nSPS) is 26.9. The fourth-order valence-electron chi connectivity index (χ4n) is 2.82. The number of nitrogens with zero attached hydrogens (tertiary/aromatic N) is 4. The van der Waals surface area contributed by atoms with Crippen LogP contribution in [-0.2, 0) is 19.2 Å². The first-order valence-corrected chi connectivity index (χ1v) is 6.59. The summed E-state index contributed by atoms with van der Waals surface area (Å²) in [6.07, 6.45) is -0.146. The quantitative estimate of drug-likeness (QED) is 0.612. The lowest BCUT2D eigenvalue weighted by Gasteiger charge is -2.53. The first kappa shape index (κ1) is 15.2. The molecule has 9 heteroatoms. The predicted octanol–water partition coefficient (Wildman–Crippen LogP) is -1.83. The molecule has 0 aromatic heterocycles. The van der Waals surface area contributed by atoms with E-state index in [1.807, 2.05) is 0 Å². The first-order chi connectivity index (χ1) is 9.86. The van der Waals surface area contributed by atoms with Gasteiger partial charge in [0.1, 0.15) is 12.2 Å².